The zero-order chi connectivity index (χ0) is 20.4. The number of rotatable bonds is 9. The predicted molar refractivity (Wildman–Crippen MR) is 127 cm³/mol. The molecule has 2 rings (SSSR count). The lowest BCUT2D eigenvalue weighted by Gasteiger charge is -2.33. The number of guanidine groups is 1. The van der Waals surface area contributed by atoms with Gasteiger partial charge in [-0.15, -0.1) is 24.0 Å². The van der Waals surface area contributed by atoms with Gasteiger partial charge in [-0.25, -0.2) is 12.8 Å². The molecular weight excluding hydrogens is 506 g/mol. The van der Waals surface area contributed by atoms with Gasteiger partial charge in [0.25, 0.3) is 0 Å². The standard InChI is InChI=1S/C20H33FN4O2S.HI/c1-3-5-13-25-14-10-17(11-15-25)24-20(22-4-2)23-12-16-28(26,27)19-9-7-6-8-18(19)21;/h6-9,17H,3-5,10-16H2,1-2H3,(H2,22,23,24);1H. The highest BCUT2D eigenvalue weighted by Gasteiger charge is 2.20. The van der Waals surface area contributed by atoms with Crippen molar-refractivity contribution in [1.82, 2.24) is 15.5 Å². The Kier molecular flexibility index (Phi) is 12.0. The van der Waals surface area contributed by atoms with Crippen LogP contribution >= 0.6 is 24.0 Å². The Hall–Kier alpha value is -0.940. The molecular formula is C20H34FIN4O2S. The van der Waals surface area contributed by atoms with Crippen LogP contribution in [0.15, 0.2) is 34.2 Å². The van der Waals surface area contributed by atoms with E-state index in [0.29, 0.717) is 18.5 Å². The minimum atomic E-state index is -3.70. The highest BCUT2D eigenvalue weighted by atomic mass is 127. The van der Waals surface area contributed by atoms with Crippen LogP contribution in [0.1, 0.15) is 39.5 Å². The Labute approximate surface area is 191 Å². The minimum Gasteiger partial charge on any atom is -0.357 e. The number of nitrogens with zero attached hydrogens (tertiary/aromatic N) is 2. The number of sulfone groups is 1. The fraction of sp³-hybridized carbons (Fsp3) is 0.650. The van der Waals surface area contributed by atoms with Crippen molar-refractivity contribution < 1.29 is 12.8 Å². The van der Waals surface area contributed by atoms with E-state index < -0.39 is 15.7 Å². The number of unbranched alkanes of at least 4 members (excludes halogenated alkanes) is 1. The van der Waals surface area contributed by atoms with Crippen molar-refractivity contribution in [2.75, 3.05) is 38.5 Å². The number of hydrogen-bond donors (Lipinski definition) is 2. The number of hydrogen-bond acceptors (Lipinski definition) is 4. The molecule has 0 amide bonds. The van der Waals surface area contributed by atoms with Gasteiger partial charge in [-0.2, -0.15) is 0 Å². The molecule has 1 saturated heterocycles. The van der Waals surface area contributed by atoms with Crippen molar-refractivity contribution in [2.24, 2.45) is 4.99 Å². The van der Waals surface area contributed by atoms with Gasteiger partial charge in [0.1, 0.15) is 10.7 Å². The summed E-state index contributed by atoms with van der Waals surface area (Å²) in [6, 6.07) is 5.79. The fourth-order valence-electron chi connectivity index (χ4n) is 3.28. The fourth-order valence-corrected chi connectivity index (χ4v) is 4.48. The second-order valence-corrected chi connectivity index (χ2v) is 9.20. The van der Waals surface area contributed by atoms with Crippen LogP contribution in [-0.2, 0) is 9.84 Å². The summed E-state index contributed by atoms with van der Waals surface area (Å²) in [6.07, 6.45) is 4.53. The van der Waals surface area contributed by atoms with Gasteiger partial charge in [0.15, 0.2) is 15.8 Å². The first-order valence-electron chi connectivity index (χ1n) is 10.2. The molecule has 6 nitrogen and oxygen atoms in total. The Bertz CT molecular complexity index is 738. The normalized spacial score (nSPS) is 16.3. The number of aliphatic imine (C=N–C) groups is 1. The number of nitrogens with one attached hydrogen (secondary N) is 2. The molecule has 1 aromatic rings. The Morgan fingerprint density at radius 2 is 1.93 bits per heavy atom. The summed E-state index contributed by atoms with van der Waals surface area (Å²) < 4.78 is 38.5. The van der Waals surface area contributed by atoms with E-state index in [0.717, 1.165) is 38.5 Å². The van der Waals surface area contributed by atoms with Crippen molar-refractivity contribution in [2.45, 2.75) is 50.5 Å². The smallest absolute Gasteiger partial charge is 0.191 e. The second-order valence-electron chi connectivity index (χ2n) is 7.12. The van der Waals surface area contributed by atoms with Gasteiger partial charge in [0, 0.05) is 25.7 Å². The first-order chi connectivity index (χ1) is 13.5. The molecule has 9 heteroatoms. The van der Waals surface area contributed by atoms with E-state index in [1.807, 2.05) is 6.92 Å². The highest BCUT2D eigenvalue weighted by Crippen LogP contribution is 2.15. The third kappa shape index (κ3) is 8.75. The maximum Gasteiger partial charge on any atom is 0.191 e. The topological polar surface area (TPSA) is 73.8 Å². The van der Waals surface area contributed by atoms with Crippen LogP contribution in [0.5, 0.6) is 0 Å². The maximum atomic E-state index is 13.8. The predicted octanol–water partition coefficient (Wildman–Crippen LogP) is 3.04. The molecule has 0 radical (unpaired) electrons. The second kappa shape index (κ2) is 13.4. The summed E-state index contributed by atoms with van der Waals surface area (Å²) in [7, 11) is -3.70. The molecule has 0 spiro atoms. The molecule has 29 heavy (non-hydrogen) atoms. The third-order valence-corrected chi connectivity index (χ3v) is 6.62. The molecule has 0 aromatic heterocycles. The van der Waals surface area contributed by atoms with Crippen molar-refractivity contribution >= 4 is 39.8 Å². The number of halogens is 2. The Morgan fingerprint density at radius 1 is 1.24 bits per heavy atom. The van der Waals surface area contributed by atoms with Gasteiger partial charge in [-0.05, 0) is 44.9 Å². The van der Waals surface area contributed by atoms with E-state index in [4.69, 9.17) is 0 Å². The molecule has 1 heterocycles. The van der Waals surface area contributed by atoms with Crippen LogP contribution in [0.2, 0.25) is 0 Å². The number of piperidine rings is 1. The quantitative estimate of drug-likeness (QED) is 0.286. The van der Waals surface area contributed by atoms with Gasteiger partial charge >= 0.3 is 0 Å². The van der Waals surface area contributed by atoms with Crippen molar-refractivity contribution in [3.8, 4) is 0 Å². The van der Waals surface area contributed by atoms with Crippen LogP contribution in [0.4, 0.5) is 4.39 Å². The minimum absolute atomic E-state index is 0. The van der Waals surface area contributed by atoms with Crippen LogP contribution in [0, 0.1) is 5.82 Å². The molecule has 0 bridgehead atoms. The van der Waals surface area contributed by atoms with Gasteiger partial charge in [0.05, 0.1) is 12.3 Å². The van der Waals surface area contributed by atoms with Crippen LogP contribution < -0.4 is 10.6 Å². The van der Waals surface area contributed by atoms with Crippen LogP contribution in [-0.4, -0.2) is 63.8 Å². The molecule has 1 aliphatic rings. The summed E-state index contributed by atoms with van der Waals surface area (Å²) in [5, 5.41) is 6.58. The zero-order valence-corrected chi connectivity index (χ0v) is 20.5. The van der Waals surface area contributed by atoms with E-state index in [1.165, 1.54) is 31.0 Å². The zero-order valence-electron chi connectivity index (χ0n) is 17.4. The molecule has 166 valence electrons. The molecule has 0 unspecified atom stereocenters. The molecule has 1 aromatic carbocycles. The average Bonchev–Trinajstić information content (AvgIpc) is 2.67. The third-order valence-electron chi connectivity index (χ3n) is 4.90. The summed E-state index contributed by atoms with van der Waals surface area (Å²) in [6.45, 7) is 8.26. The molecule has 1 fully saturated rings. The van der Waals surface area contributed by atoms with E-state index in [2.05, 4.69) is 27.4 Å². The molecule has 2 N–H and O–H groups in total. The monoisotopic (exact) mass is 540 g/mol. The van der Waals surface area contributed by atoms with Gasteiger partial charge in [0.2, 0.25) is 0 Å². The van der Waals surface area contributed by atoms with E-state index in [1.54, 1.807) is 0 Å². The average molecular weight is 540 g/mol. The first kappa shape index (κ1) is 26.1. The van der Waals surface area contributed by atoms with Crippen molar-refractivity contribution in [3.63, 3.8) is 0 Å². The van der Waals surface area contributed by atoms with E-state index >= 15 is 0 Å². The van der Waals surface area contributed by atoms with E-state index in [-0.39, 0.29) is 41.2 Å². The van der Waals surface area contributed by atoms with Crippen LogP contribution in [0.25, 0.3) is 0 Å². The molecule has 1 aliphatic heterocycles. The summed E-state index contributed by atoms with van der Waals surface area (Å²) in [4.78, 5) is 6.63. The van der Waals surface area contributed by atoms with Gasteiger partial charge in [-0.1, -0.05) is 25.5 Å². The summed E-state index contributed by atoms with van der Waals surface area (Å²) >= 11 is 0. The molecule has 0 aliphatic carbocycles. The molecule has 0 atom stereocenters. The highest BCUT2D eigenvalue weighted by molar-refractivity contribution is 14.0. The van der Waals surface area contributed by atoms with E-state index in [9.17, 15) is 12.8 Å². The lowest BCUT2D eigenvalue weighted by atomic mass is 10.0. The van der Waals surface area contributed by atoms with Gasteiger partial charge < -0.3 is 15.5 Å². The maximum absolute atomic E-state index is 13.8. The Morgan fingerprint density at radius 3 is 2.55 bits per heavy atom. The molecule has 0 saturated carbocycles. The summed E-state index contributed by atoms with van der Waals surface area (Å²) in [5.74, 6) is -0.315. The SMILES string of the molecule is CCCCN1CCC(NC(=NCCS(=O)(=O)c2ccccc2F)NCC)CC1.I. The number of likely N-dealkylation sites (tertiary alicyclic amines) is 1. The Balaban J connectivity index is 0.00000420. The first-order valence-corrected chi connectivity index (χ1v) is 11.9. The lowest BCUT2D eigenvalue weighted by Crippen LogP contribution is -2.48. The number of benzene rings is 1. The van der Waals surface area contributed by atoms with Crippen LogP contribution in [0.3, 0.4) is 0 Å². The van der Waals surface area contributed by atoms with Gasteiger partial charge in [-0.3, -0.25) is 4.99 Å². The largest absolute Gasteiger partial charge is 0.357 e. The lowest BCUT2D eigenvalue weighted by molar-refractivity contribution is 0.203. The summed E-state index contributed by atoms with van der Waals surface area (Å²) in [5.41, 5.74) is 0. The van der Waals surface area contributed by atoms with Crippen molar-refractivity contribution in [1.29, 1.82) is 0 Å². The van der Waals surface area contributed by atoms with Crippen molar-refractivity contribution in [3.05, 3.63) is 30.1 Å².